The molecule has 0 heterocycles. The Hall–Kier alpha value is -1.04. The van der Waals surface area contributed by atoms with E-state index in [1.54, 1.807) is 12.1 Å². The average molecular weight is 257 g/mol. The molecule has 0 radical (unpaired) electrons. The van der Waals surface area contributed by atoms with Crippen LogP contribution in [0.4, 0.5) is 8.78 Å². The van der Waals surface area contributed by atoms with E-state index in [0.717, 1.165) is 0 Å². The Bertz CT molecular complexity index is 430. The van der Waals surface area contributed by atoms with Crippen molar-refractivity contribution in [2.75, 3.05) is 14.1 Å². The molecule has 1 aromatic rings. The van der Waals surface area contributed by atoms with E-state index in [-0.39, 0.29) is 11.1 Å². The first-order valence-corrected chi connectivity index (χ1v) is 5.81. The van der Waals surface area contributed by atoms with Crippen molar-refractivity contribution in [2.45, 2.75) is 32.4 Å². The summed E-state index contributed by atoms with van der Waals surface area (Å²) in [4.78, 5) is 1.91. The lowest BCUT2D eigenvalue weighted by atomic mass is 9.87. The quantitative estimate of drug-likeness (QED) is 0.641. The number of rotatable bonds is 4. The monoisotopic (exact) mass is 257 g/mol. The highest BCUT2D eigenvalue weighted by Gasteiger charge is 2.34. The van der Waals surface area contributed by atoms with Gasteiger partial charge in [-0.1, -0.05) is 12.1 Å². The minimum Gasteiger partial charge on any atom is -0.302 e. The number of nitrogens with two attached hydrogens (primary N) is 1. The van der Waals surface area contributed by atoms with E-state index in [0.29, 0.717) is 0 Å². The minimum atomic E-state index is -0.840. The third-order valence-corrected chi connectivity index (χ3v) is 3.64. The fourth-order valence-corrected chi connectivity index (χ4v) is 1.82. The van der Waals surface area contributed by atoms with Crippen molar-refractivity contribution in [1.29, 1.82) is 0 Å². The highest BCUT2D eigenvalue weighted by Crippen LogP contribution is 2.31. The number of aryl methyl sites for hydroxylation is 1. The molecule has 0 fully saturated rings. The van der Waals surface area contributed by atoms with Gasteiger partial charge in [-0.3, -0.25) is 11.3 Å². The van der Waals surface area contributed by atoms with E-state index >= 15 is 0 Å². The molecule has 3 N–H and O–H groups in total. The summed E-state index contributed by atoms with van der Waals surface area (Å²) in [5.74, 6) is 3.86. The van der Waals surface area contributed by atoms with Crippen molar-refractivity contribution in [2.24, 2.45) is 5.84 Å². The van der Waals surface area contributed by atoms with Gasteiger partial charge in [-0.05, 0) is 40.4 Å². The Balaban J connectivity index is 3.31. The molecule has 0 saturated heterocycles. The van der Waals surface area contributed by atoms with Gasteiger partial charge in [-0.25, -0.2) is 8.78 Å². The normalized spacial score (nSPS) is 14.1. The number of likely N-dealkylation sites (N-methyl/N-ethyl adjacent to an activating group) is 1. The highest BCUT2D eigenvalue weighted by molar-refractivity contribution is 5.29. The van der Waals surface area contributed by atoms with Crippen LogP contribution in [0.1, 0.15) is 31.0 Å². The number of benzene rings is 1. The zero-order chi connectivity index (χ0) is 14.1. The Kier molecular flexibility index (Phi) is 4.42. The van der Waals surface area contributed by atoms with E-state index < -0.39 is 23.2 Å². The lowest BCUT2D eigenvalue weighted by Crippen LogP contribution is -2.51. The van der Waals surface area contributed by atoms with Crippen LogP contribution in [0, 0.1) is 18.6 Å². The van der Waals surface area contributed by atoms with Crippen LogP contribution in [-0.4, -0.2) is 24.5 Å². The first kappa shape index (κ1) is 15.0. The first-order valence-electron chi connectivity index (χ1n) is 5.81. The van der Waals surface area contributed by atoms with Gasteiger partial charge in [0.25, 0.3) is 0 Å². The van der Waals surface area contributed by atoms with Crippen LogP contribution in [-0.2, 0) is 0 Å². The molecular formula is C13H21F2N3. The first-order chi connectivity index (χ1) is 8.23. The maximum Gasteiger partial charge on any atom is 0.163 e. The molecule has 1 aromatic carbocycles. The van der Waals surface area contributed by atoms with E-state index in [4.69, 9.17) is 5.84 Å². The lowest BCUT2D eigenvalue weighted by molar-refractivity contribution is 0.135. The molecular weight excluding hydrogens is 236 g/mol. The molecule has 0 aliphatic carbocycles. The molecule has 0 bridgehead atoms. The summed E-state index contributed by atoms with van der Waals surface area (Å²) in [6, 6.07) is 2.62. The minimum absolute atomic E-state index is 0.235. The third-order valence-electron chi connectivity index (χ3n) is 3.64. The molecule has 1 atom stereocenters. The van der Waals surface area contributed by atoms with E-state index in [9.17, 15) is 8.78 Å². The fourth-order valence-electron chi connectivity index (χ4n) is 1.82. The zero-order valence-corrected chi connectivity index (χ0v) is 11.5. The number of hydrazine groups is 1. The second-order valence-electron chi connectivity index (χ2n) is 5.25. The van der Waals surface area contributed by atoms with Crippen LogP contribution in [0.2, 0.25) is 0 Å². The van der Waals surface area contributed by atoms with Crippen LogP contribution < -0.4 is 11.3 Å². The molecule has 1 rings (SSSR count). The Morgan fingerprint density at radius 1 is 1.22 bits per heavy atom. The van der Waals surface area contributed by atoms with Crippen molar-refractivity contribution in [1.82, 2.24) is 10.3 Å². The molecule has 5 heteroatoms. The maximum atomic E-state index is 14.0. The summed E-state index contributed by atoms with van der Waals surface area (Å²) in [5, 5.41) is 0. The van der Waals surface area contributed by atoms with Gasteiger partial charge in [0.15, 0.2) is 11.6 Å². The molecule has 1 unspecified atom stereocenters. The van der Waals surface area contributed by atoms with Gasteiger partial charge in [-0.15, -0.1) is 0 Å². The van der Waals surface area contributed by atoms with Gasteiger partial charge in [0.1, 0.15) is 0 Å². The van der Waals surface area contributed by atoms with Gasteiger partial charge in [0.2, 0.25) is 0 Å². The SMILES string of the molecule is Cc1ccc(C(NN)C(C)(C)N(C)C)c(F)c1F. The second kappa shape index (κ2) is 5.30. The highest BCUT2D eigenvalue weighted by atomic mass is 19.2. The Morgan fingerprint density at radius 2 is 1.78 bits per heavy atom. The average Bonchev–Trinajstić information content (AvgIpc) is 2.29. The van der Waals surface area contributed by atoms with Gasteiger partial charge in [0.05, 0.1) is 6.04 Å². The largest absolute Gasteiger partial charge is 0.302 e. The number of hydrogen-bond donors (Lipinski definition) is 2. The summed E-state index contributed by atoms with van der Waals surface area (Å²) < 4.78 is 27.6. The molecule has 102 valence electrons. The van der Waals surface area contributed by atoms with Crippen LogP contribution in [0.15, 0.2) is 12.1 Å². The smallest absolute Gasteiger partial charge is 0.163 e. The van der Waals surface area contributed by atoms with Gasteiger partial charge in [0, 0.05) is 11.1 Å². The standard InChI is InChI=1S/C13H21F2N3/c1-8-6-7-9(11(15)10(8)14)12(17-16)13(2,3)18(4)5/h6-7,12,17H,16H2,1-5H3. The summed E-state index contributed by atoms with van der Waals surface area (Å²) in [7, 11) is 3.74. The summed E-state index contributed by atoms with van der Waals surface area (Å²) >= 11 is 0. The topological polar surface area (TPSA) is 41.3 Å². The molecule has 0 aromatic heterocycles. The molecule has 0 amide bonds. The molecule has 0 spiro atoms. The zero-order valence-electron chi connectivity index (χ0n) is 11.5. The van der Waals surface area contributed by atoms with Gasteiger partial charge >= 0.3 is 0 Å². The number of nitrogens with one attached hydrogen (secondary N) is 1. The van der Waals surface area contributed by atoms with Gasteiger partial charge in [-0.2, -0.15) is 0 Å². The summed E-state index contributed by atoms with van der Waals surface area (Å²) in [6.45, 7) is 5.35. The number of hydrogen-bond acceptors (Lipinski definition) is 3. The van der Waals surface area contributed by atoms with E-state index in [1.807, 2.05) is 32.8 Å². The predicted molar refractivity (Wildman–Crippen MR) is 68.9 cm³/mol. The van der Waals surface area contributed by atoms with Crippen molar-refractivity contribution in [3.8, 4) is 0 Å². The summed E-state index contributed by atoms with van der Waals surface area (Å²) in [6.07, 6.45) is 0. The molecule has 18 heavy (non-hydrogen) atoms. The van der Waals surface area contributed by atoms with Crippen molar-refractivity contribution in [3.63, 3.8) is 0 Å². The van der Waals surface area contributed by atoms with E-state index in [1.165, 1.54) is 6.92 Å². The van der Waals surface area contributed by atoms with Gasteiger partial charge < -0.3 is 4.90 Å². The van der Waals surface area contributed by atoms with E-state index in [2.05, 4.69) is 5.43 Å². The van der Waals surface area contributed by atoms with Crippen molar-refractivity contribution < 1.29 is 8.78 Å². The molecule has 0 aliphatic heterocycles. The van der Waals surface area contributed by atoms with Crippen LogP contribution in [0.5, 0.6) is 0 Å². The van der Waals surface area contributed by atoms with Crippen LogP contribution in [0.25, 0.3) is 0 Å². The number of nitrogens with zero attached hydrogens (tertiary/aromatic N) is 1. The Labute approximate surface area is 107 Å². The lowest BCUT2D eigenvalue weighted by Gasteiger charge is -2.40. The predicted octanol–water partition coefficient (Wildman–Crippen LogP) is 2.12. The summed E-state index contributed by atoms with van der Waals surface area (Å²) in [5.41, 5.74) is 2.64. The second-order valence-corrected chi connectivity index (χ2v) is 5.25. The molecule has 3 nitrogen and oxygen atoms in total. The molecule has 0 saturated carbocycles. The number of halogens is 2. The van der Waals surface area contributed by atoms with Crippen LogP contribution >= 0.6 is 0 Å². The van der Waals surface area contributed by atoms with Crippen molar-refractivity contribution in [3.05, 3.63) is 34.9 Å². The molecule has 0 aliphatic rings. The Morgan fingerprint density at radius 3 is 2.22 bits per heavy atom. The van der Waals surface area contributed by atoms with Crippen molar-refractivity contribution >= 4 is 0 Å². The third kappa shape index (κ3) is 2.53. The van der Waals surface area contributed by atoms with Crippen LogP contribution in [0.3, 0.4) is 0 Å². The fraction of sp³-hybridized carbons (Fsp3) is 0.538. The maximum absolute atomic E-state index is 14.0.